The molecule has 22 nitrogen and oxygen atoms in total. The number of aromatic nitrogens is 8. The number of benzene rings is 4. The van der Waals surface area contributed by atoms with E-state index in [1.54, 1.807) is 31.7 Å². The Bertz CT molecular complexity index is 3730. The van der Waals surface area contributed by atoms with E-state index in [0.717, 1.165) is 67.3 Å². The lowest BCUT2D eigenvalue weighted by molar-refractivity contribution is -0.222. The molecule has 0 fully saturated rings. The van der Waals surface area contributed by atoms with Gasteiger partial charge in [-0.25, -0.2) is 19.9 Å². The number of carbonyl (C=O) groups excluding carboxylic acids is 4. The number of aromatic amines is 4. The number of hydrogen-bond donors (Lipinski definition) is 10. The van der Waals surface area contributed by atoms with E-state index in [-0.39, 0.29) is 73.5 Å². The summed E-state index contributed by atoms with van der Waals surface area (Å²) >= 11 is 0. The predicted octanol–water partition coefficient (Wildman–Crippen LogP) is 11.9. The Morgan fingerprint density at radius 2 is 0.781 bits per heavy atom. The van der Waals surface area contributed by atoms with Crippen LogP contribution in [0.25, 0.3) is 67.3 Å². The highest BCUT2D eigenvalue weighted by atomic mass is 16.6. The zero-order chi connectivity index (χ0) is 69.1. The second kappa shape index (κ2) is 34.3. The summed E-state index contributed by atoms with van der Waals surface area (Å²) in [5.41, 5.74) is 10.8. The fourth-order valence-electron chi connectivity index (χ4n) is 10.7. The van der Waals surface area contributed by atoms with Gasteiger partial charge in [0.15, 0.2) is 11.6 Å². The summed E-state index contributed by atoms with van der Waals surface area (Å²) in [5.74, 6) is -1.16. The van der Waals surface area contributed by atoms with Crippen LogP contribution >= 0.6 is 0 Å². The van der Waals surface area contributed by atoms with Gasteiger partial charge in [-0.15, -0.1) is 0 Å². The van der Waals surface area contributed by atoms with Crippen molar-refractivity contribution in [3.05, 3.63) is 145 Å². The van der Waals surface area contributed by atoms with Gasteiger partial charge in [-0.2, -0.15) is 0 Å². The molecule has 8 rings (SSSR count). The minimum Gasteiger partial charge on any atom is -0.370 e. The van der Waals surface area contributed by atoms with Crippen molar-refractivity contribution >= 4 is 23.6 Å². The number of hydrogen-bond acceptors (Lipinski definition) is 14. The molecule has 0 bridgehead atoms. The van der Waals surface area contributed by atoms with E-state index >= 15 is 0 Å². The fraction of sp³-hybridized carbons (Fsp3) is 0.459. The van der Waals surface area contributed by atoms with E-state index in [1.165, 1.54) is 13.8 Å². The average molecular weight is 1320 g/mol. The van der Waals surface area contributed by atoms with Gasteiger partial charge in [0.25, 0.3) is 0 Å². The number of ether oxygens (including phenoxy) is 4. The maximum absolute atomic E-state index is 13.7. The average Bonchev–Trinajstić information content (AvgIpc) is 1.43. The summed E-state index contributed by atoms with van der Waals surface area (Å²) in [6.45, 7) is 25.2. The lowest BCUT2D eigenvalue weighted by Gasteiger charge is -2.30. The van der Waals surface area contributed by atoms with Crippen LogP contribution in [0.1, 0.15) is 157 Å². The first-order chi connectivity index (χ1) is 45.8. The molecule has 6 atom stereocenters. The molecule has 8 aromatic rings. The van der Waals surface area contributed by atoms with E-state index in [2.05, 4.69) is 99.3 Å². The number of imidazole rings is 4. The number of nitrogens with one attached hydrogen (secondary N) is 8. The van der Waals surface area contributed by atoms with Crippen molar-refractivity contribution in [3.63, 3.8) is 0 Å². The summed E-state index contributed by atoms with van der Waals surface area (Å²) in [5, 5.41) is 34.0. The molecule has 4 aromatic heterocycles. The zero-order valence-electron chi connectivity index (χ0n) is 57.6. The van der Waals surface area contributed by atoms with Crippen LogP contribution in [0.3, 0.4) is 0 Å². The minimum atomic E-state index is -1.69. The van der Waals surface area contributed by atoms with Crippen molar-refractivity contribution < 1.29 is 48.3 Å². The predicted molar refractivity (Wildman–Crippen MR) is 371 cm³/mol. The van der Waals surface area contributed by atoms with Crippen LogP contribution in [0.5, 0.6) is 0 Å². The molecule has 0 radical (unpaired) electrons. The molecule has 0 aliphatic rings. The molecule has 0 spiro atoms. The molecule has 4 amide bonds. The Morgan fingerprint density at radius 3 is 1.16 bits per heavy atom. The Labute approximate surface area is 563 Å². The molecule has 0 aliphatic heterocycles. The third kappa shape index (κ3) is 22.2. The molecule has 0 saturated carbocycles. The summed E-state index contributed by atoms with van der Waals surface area (Å²) < 4.78 is 24.0. The second-order valence-corrected chi connectivity index (χ2v) is 26.6. The van der Waals surface area contributed by atoms with E-state index < -0.39 is 36.0 Å². The van der Waals surface area contributed by atoms with E-state index in [1.807, 2.05) is 121 Å². The van der Waals surface area contributed by atoms with Crippen LogP contribution in [0.4, 0.5) is 0 Å². The lowest BCUT2D eigenvalue weighted by atomic mass is 10.0. The first kappa shape index (κ1) is 73.2. The van der Waals surface area contributed by atoms with Crippen LogP contribution in [0.15, 0.2) is 122 Å². The Hall–Kier alpha value is -8.64. The van der Waals surface area contributed by atoms with Crippen LogP contribution in [0, 0.1) is 23.7 Å². The zero-order valence-corrected chi connectivity index (χ0v) is 57.6. The van der Waals surface area contributed by atoms with Crippen molar-refractivity contribution in [2.24, 2.45) is 23.7 Å². The number of amides is 4. The van der Waals surface area contributed by atoms with Gasteiger partial charge in [-0.05, 0) is 109 Å². The minimum absolute atomic E-state index is 0.00663. The molecule has 10 N–H and O–H groups in total. The summed E-state index contributed by atoms with van der Waals surface area (Å²) in [4.78, 5) is 84.3. The highest BCUT2D eigenvalue weighted by molar-refractivity contribution is 5.81. The van der Waals surface area contributed by atoms with Crippen LogP contribution in [-0.4, -0.2) is 131 Å². The monoisotopic (exact) mass is 1310 g/mol. The van der Waals surface area contributed by atoms with Gasteiger partial charge in [0.05, 0.1) is 66.8 Å². The van der Waals surface area contributed by atoms with Crippen LogP contribution in [-0.2, 0) is 44.5 Å². The maximum atomic E-state index is 13.7. The molecule has 0 aliphatic carbocycles. The quantitative estimate of drug-likeness (QED) is 0.0162. The molecule has 4 heterocycles. The maximum Gasteiger partial charge on any atom is 0.249 e. The van der Waals surface area contributed by atoms with Gasteiger partial charge in [0, 0.05) is 52.2 Å². The number of nitrogens with zero attached hydrogens (tertiary/aromatic N) is 4. The molecule has 4 aromatic carbocycles. The summed E-state index contributed by atoms with van der Waals surface area (Å²) in [7, 11) is 0. The van der Waals surface area contributed by atoms with Crippen molar-refractivity contribution in [1.29, 1.82) is 0 Å². The molecule has 22 heteroatoms. The third-order valence-electron chi connectivity index (χ3n) is 16.0. The van der Waals surface area contributed by atoms with Gasteiger partial charge < -0.3 is 70.4 Å². The smallest absolute Gasteiger partial charge is 0.249 e. The molecule has 0 saturated heterocycles. The van der Waals surface area contributed by atoms with Crippen molar-refractivity contribution in [2.75, 3.05) is 39.4 Å². The molecular formula is C74H98N12O10. The molecule has 96 heavy (non-hydrogen) atoms. The normalized spacial score (nSPS) is 14.1. The Balaban J connectivity index is 0.805. The van der Waals surface area contributed by atoms with E-state index in [4.69, 9.17) is 18.9 Å². The van der Waals surface area contributed by atoms with E-state index in [0.29, 0.717) is 75.0 Å². The molecule has 514 valence electrons. The van der Waals surface area contributed by atoms with Crippen LogP contribution in [0.2, 0.25) is 0 Å². The first-order valence-electron chi connectivity index (χ1n) is 33.5. The molecular weight excluding hydrogens is 1220 g/mol. The van der Waals surface area contributed by atoms with Crippen molar-refractivity contribution in [3.8, 4) is 67.3 Å². The standard InChI is InChI=1S/C74H98N12O10/c1-13-93-61(34-66(87)76-37-45(3)4)69-79-42-58(84-69)54-25-17-51(18-26-54)52-19-27-55(28-20-52)59-43-80-70(85-59)62(94-14-2)35-67(88)78-40-48(9)31-32-74(12,92)96-64(72(90)82-39-47(7)8)33-65-75-41-57(83-65)53-23-15-49(16-24-53)50-21-29-56(30-22-50)60-44-81-71(86-60)63(95-73(10,11)91)36-68(89)77-38-46(5)6/h15-30,41-48,61-64,91-92H,13-14,31-40H2,1-12H3,(H,75,83)(H,76,87)(H,77,89)(H,78,88)(H,79,84)(H,80,85)(H,81,86)(H,82,90). The summed E-state index contributed by atoms with van der Waals surface area (Å²) in [6.07, 6.45) is 4.93. The van der Waals surface area contributed by atoms with Crippen molar-refractivity contribution in [1.82, 2.24) is 61.1 Å². The number of carbonyl (C=O) groups is 4. The van der Waals surface area contributed by atoms with E-state index in [9.17, 15) is 29.4 Å². The largest absolute Gasteiger partial charge is 0.370 e. The van der Waals surface area contributed by atoms with Gasteiger partial charge in [0.1, 0.15) is 47.7 Å². The van der Waals surface area contributed by atoms with Gasteiger partial charge in [-0.3, -0.25) is 19.2 Å². The third-order valence-corrected chi connectivity index (χ3v) is 16.0. The van der Waals surface area contributed by atoms with Crippen molar-refractivity contribution in [2.45, 2.75) is 158 Å². The number of aliphatic hydroxyl groups is 2. The van der Waals surface area contributed by atoms with Gasteiger partial charge in [-0.1, -0.05) is 146 Å². The number of H-pyrrole nitrogens is 4. The first-order valence-corrected chi connectivity index (χ1v) is 33.5. The SMILES string of the molecule is CCOC(CC(=O)NCC(C)C)c1ncc(-c2ccc(-c3ccc(-c4cnc(C(CC(=O)NCC(C)CCC(C)(O)OC(Cc5ncc(-c6ccc(-c7ccc(-c8cnc(C(CC(=O)NCC(C)C)OC(C)(C)O)[nH]8)cc7)cc6)[nH]5)C(=O)NCC(C)C)OCC)[nH]4)cc3)cc2)[nH]1. The molecule has 6 unspecified atom stereocenters. The lowest BCUT2D eigenvalue weighted by Crippen LogP contribution is -2.45. The second-order valence-electron chi connectivity index (χ2n) is 26.6. The summed E-state index contributed by atoms with van der Waals surface area (Å²) in [6, 6.07) is 32.4. The van der Waals surface area contributed by atoms with Gasteiger partial charge >= 0.3 is 0 Å². The Morgan fingerprint density at radius 1 is 0.448 bits per heavy atom. The topological polar surface area (TPSA) is 308 Å². The van der Waals surface area contributed by atoms with Crippen LogP contribution < -0.4 is 21.3 Å². The number of rotatable bonds is 37. The highest BCUT2D eigenvalue weighted by Crippen LogP contribution is 2.33. The van der Waals surface area contributed by atoms with Gasteiger partial charge in [0.2, 0.25) is 23.6 Å². The highest BCUT2D eigenvalue weighted by Gasteiger charge is 2.33. The fourth-order valence-corrected chi connectivity index (χ4v) is 10.7. The Kier molecular flexibility index (Phi) is 26.2.